The van der Waals surface area contributed by atoms with Crippen molar-refractivity contribution in [1.29, 1.82) is 0 Å². The number of hydrogen-bond acceptors (Lipinski definition) is 4. The second kappa shape index (κ2) is 13.3. The molecule has 0 aromatic carbocycles. The van der Waals surface area contributed by atoms with Gasteiger partial charge in [-0.05, 0) is 32.0 Å². The number of rotatable bonds is 8. The van der Waals surface area contributed by atoms with Gasteiger partial charge in [0, 0.05) is 70.7 Å². The fraction of sp³-hybridized carbons (Fsp3) is 0.684. The highest BCUT2D eigenvalue weighted by molar-refractivity contribution is 14.0. The number of nitrogens with zero attached hydrogens (tertiary/aromatic N) is 4. The monoisotopic (exact) mass is 474 g/mol. The van der Waals surface area contributed by atoms with Crippen molar-refractivity contribution in [2.24, 2.45) is 10.9 Å². The third kappa shape index (κ3) is 9.14. The van der Waals surface area contributed by atoms with Gasteiger partial charge < -0.3 is 20.4 Å². The number of pyridine rings is 1. The van der Waals surface area contributed by atoms with Crippen LogP contribution in [0.3, 0.4) is 0 Å². The van der Waals surface area contributed by atoms with Crippen molar-refractivity contribution >= 4 is 29.9 Å². The number of nitrogens with one attached hydrogen (secondary N) is 2. The molecule has 0 spiro atoms. The van der Waals surface area contributed by atoms with E-state index in [0.717, 1.165) is 44.3 Å². The molecule has 6 nitrogen and oxygen atoms in total. The predicted octanol–water partition coefficient (Wildman–Crippen LogP) is 1.68. The molecule has 1 aromatic rings. The molecule has 1 atom stereocenters. The minimum absolute atomic E-state index is 0. The number of aromatic nitrogens is 1. The molecular formula is C19H35IN6. The van der Waals surface area contributed by atoms with Crippen LogP contribution in [0.25, 0.3) is 0 Å². The van der Waals surface area contributed by atoms with E-state index in [1.54, 1.807) is 0 Å². The molecule has 0 bridgehead atoms. The Bertz CT molecular complexity index is 502. The number of aliphatic imine (C=N–C) groups is 1. The van der Waals surface area contributed by atoms with Crippen LogP contribution in [0.1, 0.15) is 19.5 Å². The molecule has 0 amide bonds. The highest BCUT2D eigenvalue weighted by atomic mass is 127. The zero-order valence-electron chi connectivity index (χ0n) is 16.4. The van der Waals surface area contributed by atoms with Gasteiger partial charge in [0.25, 0.3) is 0 Å². The van der Waals surface area contributed by atoms with Crippen LogP contribution >= 0.6 is 24.0 Å². The molecule has 1 unspecified atom stereocenters. The SMILES string of the molecule is CCNC(=NCC(C)CN1CCN(C)CC1)NCCc1ccccn1.I. The Hall–Kier alpha value is -0.930. The molecule has 2 N–H and O–H groups in total. The van der Waals surface area contributed by atoms with Crippen LogP contribution in [0.5, 0.6) is 0 Å². The van der Waals surface area contributed by atoms with Crippen molar-refractivity contribution in [2.75, 3.05) is 59.4 Å². The van der Waals surface area contributed by atoms with E-state index >= 15 is 0 Å². The van der Waals surface area contributed by atoms with Crippen molar-refractivity contribution in [3.8, 4) is 0 Å². The number of guanidine groups is 1. The lowest BCUT2D eigenvalue weighted by Gasteiger charge is -2.33. The smallest absolute Gasteiger partial charge is 0.191 e. The highest BCUT2D eigenvalue weighted by Crippen LogP contribution is 2.05. The van der Waals surface area contributed by atoms with E-state index in [0.29, 0.717) is 5.92 Å². The fourth-order valence-corrected chi connectivity index (χ4v) is 2.97. The number of halogens is 1. The maximum absolute atomic E-state index is 4.76. The lowest BCUT2D eigenvalue weighted by atomic mass is 10.1. The molecule has 2 heterocycles. The van der Waals surface area contributed by atoms with E-state index < -0.39 is 0 Å². The van der Waals surface area contributed by atoms with Crippen molar-refractivity contribution in [3.63, 3.8) is 0 Å². The van der Waals surface area contributed by atoms with E-state index in [1.165, 1.54) is 26.2 Å². The van der Waals surface area contributed by atoms with Gasteiger partial charge in [-0.25, -0.2) is 0 Å². The largest absolute Gasteiger partial charge is 0.357 e. The third-order valence-corrected chi connectivity index (χ3v) is 4.47. The molecule has 26 heavy (non-hydrogen) atoms. The first-order chi connectivity index (χ1) is 12.2. The molecule has 7 heteroatoms. The first kappa shape index (κ1) is 23.1. The number of piperazine rings is 1. The summed E-state index contributed by atoms with van der Waals surface area (Å²) < 4.78 is 0. The summed E-state index contributed by atoms with van der Waals surface area (Å²) in [6.07, 6.45) is 2.75. The van der Waals surface area contributed by atoms with E-state index in [2.05, 4.69) is 52.4 Å². The first-order valence-electron chi connectivity index (χ1n) is 9.50. The predicted molar refractivity (Wildman–Crippen MR) is 120 cm³/mol. The summed E-state index contributed by atoms with van der Waals surface area (Å²) in [6.45, 7) is 12.8. The van der Waals surface area contributed by atoms with Crippen LogP contribution in [0.2, 0.25) is 0 Å². The molecule has 0 saturated carbocycles. The van der Waals surface area contributed by atoms with Gasteiger partial charge in [0.2, 0.25) is 0 Å². The summed E-state index contributed by atoms with van der Waals surface area (Å²) in [5.41, 5.74) is 1.11. The average Bonchev–Trinajstić information content (AvgIpc) is 2.62. The van der Waals surface area contributed by atoms with E-state index in [-0.39, 0.29) is 24.0 Å². The molecule has 1 fully saturated rings. The summed E-state index contributed by atoms with van der Waals surface area (Å²) in [4.78, 5) is 14.1. The number of hydrogen-bond donors (Lipinski definition) is 2. The van der Waals surface area contributed by atoms with Crippen molar-refractivity contribution in [2.45, 2.75) is 20.3 Å². The minimum Gasteiger partial charge on any atom is -0.357 e. The Balaban J connectivity index is 0.00000338. The maximum atomic E-state index is 4.76. The summed E-state index contributed by atoms with van der Waals surface area (Å²) >= 11 is 0. The van der Waals surface area contributed by atoms with Gasteiger partial charge in [-0.3, -0.25) is 9.98 Å². The quantitative estimate of drug-likeness (QED) is 0.341. The summed E-state index contributed by atoms with van der Waals surface area (Å²) in [7, 11) is 2.20. The van der Waals surface area contributed by atoms with Gasteiger partial charge in [-0.15, -0.1) is 24.0 Å². The molecule has 2 rings (SSSR count). The number of likely N-dealkylation sites (N-methyl/N-ethyl adjacent to an activating group) is 1. The van der Waals surface area contributed by atoms with Crippen LogP contribution in [-0.4, -0.2) is 80.1 Å². The highest BCUT2D eigenvalue weighted by Gasteiger charge is 2.15. The zero-order chi connectivity index (χ0) is 17.9. The Morgan fingerprint density at radius 1 is 1.23 bits per heavy atom. The standard InChI is InChI=1S/C19H34N6.HI/c1-4-20-19(22-10-8-18-7-5-6-9-21-18)23-15-17(2)16-25-13-11-24(3)12-14-25;/h5-7,9,17H,4,8,10-16H2,1-3H3,(H2,20,22,23);1H. The molecule has 1 aliphatic rings. The van der Waals surface area contributed by atoms with Crippen molar-refractivity contribution in [3.05, 3.63) is 30.1 Å². The van der Waals surface area contributed by atoms with Gasteiger partial charge in [0.15, 0.2) is 5.96 Å². The second-order valence-corrected chi connectivity index (χ2v) is 6.93. The maximum Gasteiger partial charge on any atom is 0.191 e. The Labute approximate surface area is 175 Å². The van der Waals surface area contributed by atoms with E-state index in [4.69, 9.17) is 4.99 Å². The topological polar surface area (TPSA) is 55.8 Å². The van der Waals surface area contributed by atoms with E-state index in [1.807, 2.05) is 18.3 Å². The average molecular weight is 474 g/mol. The van der Waals surface area contributed by atoms with Gasteiger partial charge in [-0.1, -0.05) is 13.0 Å². The third-order valence-electron chi connectivity index (χ3n) is 4.47. The zero-order valence-corrected chi connectivity index (χ0v) is 18.8. The molecule has 0 radical (unpaired) electrons. The molecular weight excluding hydrogens is 439 g/mol. The fourth-order valence-electron chi connectivity index (χ4n) is 2.97. The lowest BCUT2D eigenvalue weighted by molar-refractivity contribution is 0.140. The summed E-state index contributed by atoms with van der Waals surface area (Å²) in [5, 5.41) is 6.74. The Morgan fingerprint density at radius 3 is 2.65 bits per heavy atom. The van der Waals surface area contributed by atoms with Gasteiger partial charge in [0.1, 0.15) is 0 Å². The van der Waals surface area contributed by atoms with E-state index in [9.17, 15) is 0 Å². The van der Waals surface area contributed by atoms with Crippen LogP contribution in [0, 0.1) is 5.92 Å². The lowest BCUT2D eigenvalue weighted by Crippen LogP contribution is -2.46. The Morgan fingerprint density at radius 2 is 2.00 bits per heavy atom. The second-order valence-electron chi connectivity index (χ2n) is 6.93. The summed E-state index contributed by atoms with van der Waals surface area (Å²) in [5.74, 6) is 1.47. The normalized spacial score (nSPS) is 17.4. The van der Waals surface area contributed by atoms with Crippen molar-refractivity contribution in [1.82, 2.24) is 25.4 Å². The molecule has 0 aliphatic carbocycles. The van der Waals surface area contributed by atoms with Crippen LogP contribution in [0.15, 0.2) is 29.4 Å². The van der Waals surface area contributed by atoms with Crippen LogP contribution in [0.4, 0.5) is 0 Å². The van der Waals surface area contributed by atoms with Crippen molar-refractivity contribution < 1.29 is 0 Å². The molecule has 1 aromatic heterocycles. The molecule has 1 aliphatic heterocycles. The Kier molecular flexibility index (Phi) is 11.8. The molecule has 1 saturated heterocycles. The summed E-state index contributed by atoms with van der Waals surface area (Å²) in [6, 6.07) is 6.04. The van der Waals surface area contributed by atoms with Crippen LogP contribution < -0.4 is 10.6 Å². The first-order valence-corrected chi connectivity index (χ1v) is 9.50. The van der Waals surface area contributed by atoms with Crippen LogP contribution in [-0.2, 0) is 6.42 Å². The van der Waals surface area contributed by atoms with Gasteiger partial charge >= 0.3 is 0 Å². The molecule has 148 valence electrons. The minimum atomic E-state index is 0. The van der Waals surface area contributed by atoms with Gasteiger partial charge in [-0.2, -0.15) is 0 Å². The van der Waals surface area contributed by atoms with Gasteiger partial charge in [0.05, 0.1) is 0 Å².